The molecule has 1 amide bonds. The second-order valence-electron chi connectivity index (χ2n) is 4.73. The lowest BCUT2D eigenvalue weighted by atomic mass is 10.1. The molecule has 1 aromatic carbocycles. The van der Waals surface area contributed by atoms with Crippen molar-refractivity contribution in [3.05, 3.63) is 33.9 Å². The van der Waals surface area contributed by atoms with Gasteiger partial charge in [-0.05, 0) is 12.1 Å². The van der Waals surface area contributed by atoms with E-state index >= 15 is 0 Å². The van der Waals surface area contributed by atoms with Gasteiger partial charge in [-0.15, -0.1) is 0 Å². The summed E-state index contributed by atoms with van der Waals surface area (Å²) in [6.07, 6.45) is -0.490. The molecule has 2 rings (SSSR count). The number of anilines is 1. The number of amides is 1. The van der Waals surface area contributed by atoms with Crippen LogP contribution in [0.5, 0.6) is 0 Å². The fourth-order valence-corrected chi connectivity index (χ4v) is 2.10. The van der Waals surface area contributed by atoms with Crippen LogP contribution in [0.1, 0.15) is 10.4 Å². The number of benzene rings is 1. The summed E-state index contributed by atoms with van der Waals surface area (Å²) in [4.78, 5) is 22.0. The number of nitrogens with zero attached hydrogens (tertiary/aromatic N) is 1. The zero-order valence-electron chi connectivity index (χ0n) is 10.7. The SMILES string of the molecule is Nc1ccc(C(=O)NCC2CNCC2O)cc1[N+](=O)[O-]. The Morgan fingerprint density at radius 3 is 2.90 bits per heavy atom. The minimum Gasteiger partial charge on any atom is -0.393 e. The predicted octanol–water partition coefficient (Wildman–Crippen LogP) is -0.513. The number of nitrogens with one attached hydrogen (secondary N) is 2. The van der Waals surface area contributed by atoms with E-state index in [9.17, 15) is 20.0 Å². The van der Waals surface area contributed by atoms with Crippen molar-refractivity contribution in [2.24, 2.45) is 5.92 Å². The average molecular weight is 280 g/mol. The van der Waals surface area contributed by atoms with Gasteiger partial charge in [0.15, 0.2) is 0 Å². The van der Waals surface area contributed by atoms with E-state index in [1.54, 1.807) is 0 Å². The van der Waals surface area contributed by atoms with Crippen molar-refractivity contribution in [2.75, 3.05) is 25.4 Å². The Hall–Kier alpha value is -2.19. The van der Waals surface area contributed by atoms with Crippen molar-refractivity contribution < 1.29 is 14.8 Å². The summed E-state index contributed by atoms with van der Waals surface area (Å²) in [6, 6.07) is 3.91. The molecule has 8 nitrogen and oxygen atoms in total. The Morgan fingerprint density at radius 2 is 2.30 bits per heavy atom. The van der Waals surface area contributed by atoms with Gasteiger partial charge in [0.1, 0.15) is 5.69 Å². The Bertz CT molecular complexity index is 534. The third-order valence-corrected chi connectivity index (χ3v) is 3.32. The third-order valence-electron chi connectivity index (χ3n) is 3.32. The summed E-state index contributed by atoms with van der Waals surface area (Å²) in [5.41, 5.74) is 5.36. The van der Waals surface area contributed by atoms with Crippen molar-refractivity contribution in [1.82, 2.24) is 10.6 Å². The highest BCUT2D eigenvalue weighted by molar-refractivity contribution is 5.95. The van der Waals surface area contributed by atoms with Crippen LogP contribution < -0.4 is 16.4 Å². The number of aliphatic hydroxyl groups is 1. The highest BCUT2D eigenvalue weighted by Gasteiger charge is 2.25. The molecule has 1 fully saturated rings. The molecule has 0 aromatic heterocycles. The quantitative estimate of drug-likeness (QED) is 0.334. The topological polar surface area (TPSA) is 131 Å². The van der Waals surface area contributed by atoms with Gasteiger partial charge < -0.3 is 21.5 Å². The molecule has 2 unspecified atom stereocenters. The zero-order chi connectivity index (χ0) is 14.7. The van der Waals surface area contributed by atoms with Crippen LogP contribution in [0.2, 0.25) is 0 Å². The summed E-state index contributed by atoms with van der Waals surface area (Å²) >= 11 is 0. The summed E-state index contributed by atoms with van der Waals surface area (Å²) in [5.74, 6) is -0.477. The highest BCUT2D eigenvalue weighted by atomic mass is 16.6. The van der Waals surface area contributed by atoms with Crippen molar-refractivity contribution in [3.8, 4) is 0 Å². The van der Waals surface area contributed by atoms with Crippen molar-refractivity contribution >= 4 is 17.3 Å². The van der Waals surface area contributed by atoms with Crippen LogP contribution in [0.4, 0.5) is 11.4 Å². The molecule has 0 bridgehead atoms. The summed E-state index contributed by atoms with van der Waals surface area (Å²) in [6.45, 7) is 1.45. The number of nitrogens with two attached hydrogens (primary N) is 1. The Labute approximate surface area is 115 Å². The Morgan fingerprint density at radius 1 is 1.55 bits per heavy atom. The maximum absolute atomic E-state index is 11.9. The smallest absolute Gasteiger partial charge is 0.292 e. The number of nitrogen functional groups attached to an aromatic ring is 1. The fourth-order valence-electron chi connectivity index (χ4n) is 2.10. The standard InChI is InChI=1S/C12H16N4O4/c13-9-2-1-7(3-10(9)16(19)20)12(18)15-5-8-4-14-6-11(8)17/h1-3,8,11,14,17H,4-6,13H2,(H,15,18). The molecular weight excluding hydrogens is 264 g/mol. The lowest BCUT2D eigenvalue weighted by Crippen LogP contribution is -2.34. The number of aliphatic hydroxyl groups excluding tert-OH is 1. The molecule has 20 heavy (non-hydrogen) atoms. The van der Waals surface area contributed by atoms with Gasteiger partial charge in [-0.1, -0.05) is 0 Å². The van der Waals surface area contributed by atoms with E-state index in [2.05, 4.69) is 10.6 Å². The average Bonchev–Trinajstić information content (AvgIpc) is 2.81. The van der Waals surface area contributed by atoms with Crippen LogP contribution in [0.3, 0.4) is 0 Å². The molecule has 0 spiro atoms. The molecule has 108 valence electrons. The minimum atomic E-state index is -0.628. The van der Waals surface area contributed by atoms with Gasteiger partial charge in [0.2, 0.25) is 0 Å². The number of rotatable bonds is 4. The first-order valence-corrected chi connectivity index (χ1v) is 6.20. The van der Waals surface area contributed by atoms with Gasteiger partial charge >= 0.3 is 0 Å². The van der Waals surface area contributed by atoms with E-state index in [1.807, 2.05) is 0 Å². The first-order valence-electron chi connectivity index (χ1n) is 6.20. The van der Waals surface area contributed by atoms with Crippen LogP contribution in [-0.2, 0) is 0 Å². The maximum Gasteiger partial charge on any atom is 0.292 e. The summed E-state index contributed by atoms with van der Waals surface area (Å²) in [7, 11) is 0. The molecular formula is C12H16N4O4. The number of carbonyl (C=O) groups is 1. The highest BCUT2D eigenvalue weighted by Crippen LogP contribution is 2.22. The Kier molecular flexibility index (Phi) is 4.16. The molecule has 5 N–H and O–H groups in total. The number of carbonyl (C=O) groups excluding carboxylic acids is 1. The molecule has 1 heterocycles. The van der Waals surface area contributed by atoms with Crippen LogP contribution in [0.25, 0.3) is 0 Å². The third kappa shape index (κ3) is 3.03. The van der Waals surface area contributed by atoms with Gasteiger partial charge in [-0.2, -0.15) is 0 Å². The van der Waals surface area contributed by atoms with E-state index in [0.717, 1.165) is 6.07 Å². The monoisotopic (exact) mass is 280 g/mol. The molecule has 1 aliphatic heterocycles. The maximum atomic E-state index is 11.9. The predicted molar refractivity (Wildman–Crippen MR) is 72.2 cm³/mol. The fraction of sp³-hybridized carbons (Fsp3) is 0.417. The summed E-state index contributed by atoms with van der Waals surface area (Å²) in [5, 5.41) is 26.0. The van der Waals surface area contributed by atoms with Crippen LogP contribution in [-0.4, -0.2) is 41.7 Å². The van der Waals surface area contributed by atoms with Gasteiger partial charge in [-0.3, -0.25) is 14.9 Å². The van der Waals surface area contributed by atoms with Crippen molar-refractivity contribution in [3.63, 3.8) is 0 Å². The van der Waals surface area contributed by atoms with E-state index < -0.39 is 16.9 Å². The van der Waals surface area contributed by atoms with E-state index in [-0.39, 0.29) is 22.9 Å². The molecule has 2 atom stereocenters. The van der Waals surface area contributed by atoms with E-state index in [0.29, 0.717) is 19.6 Å². The number of β-amino-alcohol motifs (C(OH)–C–C–N with tert-alkyl or cyclic N) is 1. The molecule has 0 radical (unpaired) electrons. The van der Waals surface area contributed by atoms with Crippen LogP contribution in [0.15, 0.2) is 18.2 Å². The van der Waals surface area contributed by atoms with Crippen LogP contribution in [0, 0.1) is 16.0 Å². The van der Waals surface area contributed by atoms with Crippen LogP contribution >= 0.6 is 0 Å². The second-order valence-corrected chi connectivity index (χ2v) is 4.73. The molecule has 1 aromatic rings. The normalized spacial score (nSPS) is 21.6. The number of hydrogen-bond donors (Lipinski definition) is 4. The number of nitro benzene ring substituents is 1. The van der Waals surface area contributed by atoms with Crippen molar-refractivity contribution in [1.29, 1.82) is 0 Å². The minimum absolute atomic E-state index is 0.0157. The van der Waals surface area contributed by atoms with Gasteiger partial charge in [0.05, 0.1) is 11.0 Å². The lowest BCUT2D eigenvalue weighted by molar-refractivity contribution is -0.383. The zero-order valence-corrected chi connectivity index (χ0v) is 10.7. The molecule has 8 heteroatoms. The number of hydrogen-bond acceptors (Lipinski definition) is 6. The van der Waals surface area contributed by atoms with Crippen molar-refractivity contribution in [2.45, 2.75) is 6.10 Å². The molecule has 0 saturated carbocycles. The lowest BCUT2D eigenvalue weighted by Gasteiger charge is -2.14. The first-order chi connectivity index (χ1) is 9.49. The van der Waals surface area contributed by atoms with E-state index in [4.69, 9.17) is 5.73 Å². The van der Waals surface area contributed by atoms with Gasteiger partial charge in [0.25, 0.3) is 11.6 Å². The summed E-state index contributed by atoms with van der Waals surface area (Å²) < 4.78 is 0. The first kappa shape index (κ1) is 14.2. The van der Waals surface area contributed by atoms with Gasteiger partial charge in [0, 0.05) is 37.2 Å². The Balaban J connectivity index is 2.02. The van der Waals surface area contributed by atoms with Gasteiger partial charge in [-0.25, -0.2) is 0 Å². The van der Waals surface area contributed by atoms with E-state index in [1.165, 1.54) is 12.1 Å². The number of nitro groups is 1. The largest absolute Gasteiger partial charge is 0.393 e. The molecule has 0 aliphatic carbocycles. The second kappa shape index (κ2) is 5.85. The molecule has 1 aliphatic rings. The molecule has 1 saturated heterocycles.